The third-order valence-corrected chi connectivity index (χ3v) is 14.8. The number of carbonyl (C=O) groups excluding carboxylic acids is 5. The van der Waals surface area contributed by atoms with Gasteiger partial charge in [-0.15, -0.1) is 10.7 Å². The van der Waals surface area contributed by atoms with Crippen LogP contribution in [0.5, 0.6) is 0 Å². The van der Waals surface area contributed by atoms with Crippen molar-refractivity contribution in [2.24, 2.45) is 0 Å². The Morgan fingerprint density at radius 1 is 0.643 bits per heavy atom. The smallest absolute Gasteiger partial charge is 0.339 e. The number of nitrogens with zero attached hydrogens (tertiary/aromatic N) is 9. The summed E-state index contributed by atoms with van der Waals surface area (Å²) in [5.41, 5.74) is 7.17. The van der Waals surface area contributed by atoms with Crippen molar-refractivity contribution in [3.63, 3.8) is 0 Å². The fourth-order valence-electron chi connectivity index (χ4n) is 10.7. The molecule has 7 amide bonds. The molecule has 5 aliphatic heterocycles. The number of rotatable bonds is 16. The third-order valence-electron chi connectivity index (χ3n) is 14.8. The second-order valence-electron chi connectivity index (χ2n) is 20.0. The van der Waals surface area contributed by atoms with E-state index in [-0.39, 0.29) is 98.2 Å². The van der Waals surface area contributed by atoms with Crippen LogP contribution in [-0.2, 0) is 33.4 Å². The van der Waals surface area contributed by atoms with E-state index in [1.807, 2.05) is 18.2 Å². The van der Waals surface area contributed by atoms with E-state index in [1.54, 1.807) is 60.8 Å². The first-order chi connectivity index (χ1) is 40.4. The number of amides is 7. The predicted molar refractivity (Wildman–Crippen MR) is 290 cm³/mol. The van der Waals surface area contributed by atoms with Crippen molar-refractivity contribution in [2.75, 3.05) is 59.7 Å². The van der Waals surface area contributed by atoms with E-state index >= 15 is 0 Å². The summed E-state index contributed by atoms with van der Waals surface area (Å²) in [6, 6.07) is 31.3. The molecule has 0 radical (unpaired) electrons. The summed E-state index contributed by atoms with van der Waals surface area (Å²) in [5.74, 6) is -0.978. The molecule has 11 rings (SSSR count). The molecule has 6 heterocycles. The van der Waals surface area contributed by atoms with E-state index in [4.69, 9.17) is 4.84 Å². The van der Waals surface area contributed by atoms with Crippen LogP contribution in [0, 0.1) is 22.7 Å². The number of nitriles is 2. The summed E-state index contributed by atoms with van der Waals surface area (Å²) in [4.78, 5) is 88.7. The molecule has 0 unspecified atom stereocenters. The summed E-state index contributed by atoms with van der Waals surface area (Å²) >= 11 is 0. The minimum atomic E-state index is -4.75. The number of nitrogens with one attached hydrogen (secondary N) is 4. The standard InChI is InChI=1S/C59H47F6N13O6/c60-58(61,62)41-6-1-8-43(28-41)76-46-32-74(54(80)48(46)50(69-56(76)82)38-17-11-35(30-66)12-18-38)26-4-24-73(53(79)40-21-15-37(16-22-40)34-84-78-52-45(71-72-78)10-3-23-68-52)25-5-27-75-33-47-49(55(75)81)51(39-19-13-36(31-67)14-20-39)70-57(83)77(47)44-9-2-7-42(29-44)59(63,64)65/h1-3,6-23,28-29,50-51,71-72H,4-5,24-27,32-34H2,(H,69,82)(H,70,83)/t50-,51-/m1/s1. The number of alkyl halides is 6. The number of benzene rings is 5. The molecule has 5 aromatic carbocycles. The maximum atomic E-state index is 14.7. The van der Waals surface area contributed by atoms with Crippen LogP contribution in [0.25, 0.3) is 0 Å². The lowest BCUT2D eigenvalue weighted by Crippen LogP contribution is -2.47. The monoisotopic (exact) mass is 1150 g/mol. The third kappa shape index (κ3) is 11.0. The van der Waals surface area contributed by atoms with Gasteiger partial charge in [-0.05, 0) is 114 Å². The van der Waals surface area contributed by atoms with Gasteiger partial charge in [0.15, 0.2) is 5.82 Å². The molecule has 426 valence electrons. The zero-order valence-electron chi connectivity index (χ0n) is 44.0. The minimum Gasteiger partial charge on any atom is -0.339 e. The van der Waals surface area contributed by atoms with E-state index in [1.165, 1.54) is 56.3 Å². The van der Waals surface area contributed by atoms with Crippen LogP contribution in [-0.4, -0.2) is 88.7 Å². The van der Waals surface area contributed by atoms with Gasteiger partial charge < -0.3 is 25.3 Å². The predicted octanol–water partition coefficient (Wildman–Crippen LogP) is 9.00. The lowest BCUT2D eigenvalue weighted by molar-refractivity contribution is -0.138. The van der Waals surface area contributed by atoms with Gasteiger partial charge in [0.1, 0.15) is 6.61 Å². The van der Waals surface area contributed by atoms with Gasteiger partial charge in [-0.1, -0.05) is 48.5 Å². The highest BCUT2D eigenvalue weighted by Gasteiger charge is 2.47. The van der Waals surface area contributed by atoms with Crippen molar-refractivity contribution in [1.29, 1.82) is 10.5 Å². The van der Waals surface area contributed by atoms with E-state index < -0.39 is 65.3 Å². The van der Waals surface area contributed by atoms with E-state index in [9.17, 15) is 60.8 Å². The summed E-state index contributed by atoms with van der Waals surface area (Å²) in [6.07, 6.45) is -7.60. The van der Waals surface area contributed by atoms with Gasteiger partial charge in [-0.25, -0.2) is 14.6 Å². The maximum absolute atomic E-state index is 14.7. The first-order valence-corrected chi connectivity index (χ1v) is 26.3. The first-order valence-electron chi connectivity index (χ1n) is 26.3. The largest absolute Gasteiger partial charge is 0.416 e. The molecule has 4 N–H and O–H groups in total. The molecule has 0 aliphatic carbocycles. The van der Waals surface area contributed by atoms with Crippen LogP contribution in [0.4, 0.5) is 58.8 Å². The molecule has 84 heavy (non-hydrogen) atoms. The number of halogens is 6. The topological polar surface area (TPSA) is 223 Å². The molecule has 6 aromatic rings. The molecule has 0 saturated carbocycles. The Morgan fingerprint density at radius 3 is 1.60 bits per heavy atom. The second kappa shape index (κ2) is 22.6. The van der Waals surface area contributed by atoms with E-state index in [2.05, 4.69) is 26.6 Å². The Kier molecular flexibility index (Phi) is 15.0. The summed E-state index contributed by atoms with van der Waals surface area (Å²) in [6.45, 7) is -0.270. The average Bonchev–Trinajstić information content (AvgIpc) is 1.83. The Hall–Kier alpha value is -10.2. The van der Waals surface area contributed by atoms with Gasteiger partial charge in [0.25, 0.3) is 17.7 Å². The summed E-state index contributed by atoms with van der Waals surface area (Å²) in [7, 11) is 0. The zero-order chi connectivity index (χ0) is 59.0. The van der Waals surface area contributed by atoms with Crippen LogP contribution in [0.1, 0.15) is 74.2 Å². The van der Waals surface area contributed by atoms with Crippen LogP contribution in [0.3, 0.4) is 0 Å². The van der Waals surface area contributed by atoms with Gasteiger partial charge in [0, 0.05) is 37.9 Å². The Labute approximate surface area is 475 Å². The first kappa shape index (κ1) is 55.7. The highest BCUT2D eigenvalue weighted by molar-refractivity contribution is 6.09. The lowest BCUT2D eigenvalue weighted by Gasteiger charge is -2.34. The van der Waals surface area contributed by atoms with Gasteiger partial charge in [-0.2, -0.15) is 36.9 Å². The van der Waals surface area contributed by atoms with Crippen molar-refractivity contribution >= 4 is 52.7 Å². The van der Waals surface area contributed by atoms with Crippen molar-refractivity contribution in [2.45, 2.75) is 43.9 Å². The number of anilines is 4. The number of hydrogen-bond acceptors (Lipinski definition) is 12. The summed E-state index contributed by atoms with van der Waals surface area (Å²) < 4.78 is 84.1. The molecule has 25 heteroatoms. The van der Waals surface area contributed by atoms with Gasteiger partial charge >= 0.3 is 24.4 Å². The molecular weight excluding hydrogens is 1100 g/mol. The number of hydrazine groups is 2. The average molecular weight is 1150 g/mol. The molecule has 2 atom stereocenters. The van der Waals surface area contributed by atoms with Gasteiger partial charge in [0.05, 0.1) is 99.2 Å². The molecule has 5 aliphatic rings. The Balaban J connectivity index is 0.841. The van der Waals surface area contributed by atoms with Crippen LogP contribution in [0.15, 0.2) is 162 Å². The Bertz CT molecular complexity index is 3580. The molecule has 0 fully saturated rings. The molecule has 1 aromatic heterocycles. The number of carbonyl (C=O) groups is 5. The van der Waals surface area contributed by atoms with Crippen molar-refractivity contribution < 1.29 is 55.2 Å². The van der Waals surface area contributed by atoms with Crippen LogP contribution < -0.4 is 36.6 Å². The number of urea groups is 2. The zero-order valence-corrected chi connectivity index (χ0v) is 44.0. The number of fused-ring (bicyclic) bond motifs is 1. The number of hydrogen-bond donors (Lipinski definition) is 4. The van der Waals surface area contributed by atoms with E-state index in [0.29, 0.717) is 39.3 Å². The molecule has 19 nitrogen and oxygen atoms in total. The second-order valence-corrected chi connectivity index (χ2v) is 20.0. The van der Waals surface area contributed by atoms with Crippen molar-refractivity contribution in [3.8, 4) is 12.1 Å². The number of pyridine rings is 1. The van der Waals surface area contributed by atoms with Crippen molar-refractivity contribution in [3.05, 3.63) is 207 Å². The fourth-order valence-corrected chi connectivity index (χ4v) is 10.7. The molecule has 0 spiro atoms. The minimum absolute atomic E-state index is 0.00162. The maximum Gasteiger partial charge on any atom is 0.416 e. The molecule has 0 saturated heterocycles. The summed E-state index contributed by atoms with van der Waals surface area (Å²) in [5, 5.41) is 25.8. The van der Waals surface area contributed by atoms with Gasteiger partial charge in [-0.3, -0.25) is 34.4 Å². The molecule has 0 bridgehead atoms. The van der Waals surface area contributed by atoms with Crippen molar-refractivity contribution in [1.82, 2.24) is 35.9 Å². The fraction of sp³-hybridized carbons (Fsp3) is 0.220. The van der Waals surface area contributed by atoms with Crippen LogP contribution >= 0.6 is 0 Å². The molecular formula is C59H47F6N13O6. The van der Waals surface area contributed by atoms with Crippen LogP contribution in [0.2, 0.25) is 0 Å². The lowest BCUT2D eigenvalue weighted by atomic mass is 9.94. The number of aromatic nitrogens is 1. The highest BCUT2D eigenvalue weighted by atomic mass is 19.4. The SMILES string of the molecule is N#Cc1ccc([C@H]2NC(=O)N(c3cccc(C(F)(F)F)c3)C3=C2C(=O)N(CCCN(CCCN2CC4=C(C2=O)[C@@H](c2ccc(C#N)cc2)NC(=O)N4c2cccc(C(F)(F)F)c2)C(=O)c2ccc(CON4NNc5cccnc54)cc2)C3)cc1. The van der Waals surface area contributed by atoms with E-state index in [0.717, 1.165) is 46.2 Å². The Morgan fingerprint density at radius 2 is 1.13 bits per heavy atom. The quantitative estimate of drug-likeness (QED) is 0.0667. The van der Waals surface area contributed by atoms with Gasteiger partial charge in [0.2, 0.25) is 0 Å². The highest BCUT2D eigenvalue weighted by Crippen LogP contribution is 2.43. The normalized spacial score (nSPS) is 17.6.